The van der Waals surface area contributed by atoms with Gasteiger partial charge in [0.1, 0.15) is 18.4 Å². The largest absolute Gasteiger partial charge is 0.509 e. The highest BCUT2D eigenvalue weighted by Crippen LogP contribution is 2.38. The Hall–Kier alpha value is -4.98. The third-order valence-corrected chi connectivity index (χ3v) is 9.71. The van der Waals surface area contributed by atoms with Crippen LogP contribution in [0.4, 0.5) is 4.79 Å². The number of amides is 2. The Bertz CT molecular complexity index is 1900. The van der Waals surface area contributed by atoms with E-state index in [-0.39, 0.29) is 54.5 Å². The number of aliphatic hydroxyl groups excluding tert-OH is 1. The van der Waals surface area contributed by atoms with Gasteiger partial charge in [-0.2, -0.15) is 0 Å². The lowest BCUT2D eigenvalue weighted by atomic mass is 9.87. The average Bonchev–Trinajstić information content (AvgIpc) is 3.37. The fourth-order valence-corrected chi connectivity index (χ4v) is 6.73. The maximum atomic E-state index is 14.1. The number of pyridine rings is 2. The highest BCUT2D eigenvalue weighted by molar-refractivity contribution is 5.85. The Morgan fingerprint density at radius 3 is 2.54 bits per heavy atom. The number of aliphatic hydroxyl groups is 1. The van der Waals surface area contributed by atoms with Crippen LogP contribution in [-0.2, 0) is 47.2 Å². The number of esters is 1. The second-order valence-electron chi connectivity index (χ2n) is 13.3. The first kappa shape index (κ1) is 39.8. The highest BCUT2D eigenvalue weighted by atomic mass is 16.7. The molecule has 14 heteroatoms. The van der Waals surface area contributed by atoms with Gasteiger partial charge in [-0.15, -0.1) is 0 Å². The minimum atomic E-state index is -2.05. The van der Waals surface area contributed by atoms with Gasteiger partial charge in [0.25, 0.3) is 5.56 Å². The van der Waals surface area contributed by atoms with Crippen molar-refractivity contribution in [2.45, 2.75) is 104 Å². The van der Waals surface area contributed by atoms with Crippen molar-refractivity contribution in [3.05, 3.63) is 61.1 Å². The molecule has 2 amide bonds. The van der Waals surface area contributed by atoms with Crippen LogP contribution < -0.4 is 32.5 Å². The van der Waals surface area contributed by atoms with E-state index < -0.39 is 35.7 Å². The van der Waals surface area contributed by atoms with E-state index in [0.29, 0.717) is 61.8 Å². The van der Waals surface area contributed by atoms with Gasteiger partial charge in [-0.25, -0.2) is 14.6 Å². The van der Waals surface area contributed by atoms with Crippen molar-refractivity contribution in [3.63, 3.8) is 0 Å². The minimum Gasteiger partial charge on any atom is -0.508 e. The number of hydrogen-bond acceptors (Lipinski definition) is 11. The highest BCUT2D eigenvalue weighted by Gasteiger charge is 2.48. The van der Waals surface area contributed by atoms with Crippen molar-refractivity contribution in [1.82, 2.24) is 20.2 Å². The lowest BCUT2D eigenvalue weighted by Crippen LogP contribution is -2.51. The first-order chi connectivity index (χ1) is 24.9. The molecule has 1 aliphatic carbocycles. The molecule has 0 aromatic carbocycles. The SMILES string of the molecule is CCOC(=O)C(CC)(OC(=O)OCC(NC(=O)C(CCCCN)NC=O)C(C)C)c1cc2n(c(=O)c1C)Cc1c-2nc2c(c1CC)=CC(O)=CCC=2. The summed E-state index contributed by atoms with van der Waals surface area (Å²) in [5.74, 6) is -1.36. The maximum absolute atomic E-state index is 14.1. The fourth-order valence-electron chi connectivity index (χ4n) is 6.73. The normalized spacial score (nSPS) is 15.2. The van der Waals surface area contributed by atoms with Crippen molar-refractivity contribution >= 4 is 36.6 Å². The molecule has 2 aromatic heterocycles. The number of carbonyl (C=O) groups is 4. The summed E-state index contributed by atoms with van der Waals surface area (Å²) in [7, 11) is 0. The van der Waals surface area contributed by atoms with E-state index in [9.17, 15) is 29.1 Å². The van der Waals surface area contributed by atoms with Crippen molar-refractivity contribution in [3.8, 4) is 11.4 Å². The summed E-state index contributed by atoms with van der Waals surface area (Å²) in [6.45, 7) is 10.9. The summed E-state index contributed by atoms with van der Waals surface area (Å²) in [5.41, 5.74) is 6.27. The summed E-state index contributed by atoms with van der Waals surface area (Å²) < 4.78 is 18.4. The standard InChI is InChI=1S/C38H51N5O9/c1-7-25-26-17-24(45)13-12-15-29(26)41-33-27(25)19-43-32(33)18-28(23(6)35(43)47)38(8-2,36(48)50-9-3)52-37(49)51-20-31(22(4)5)42-34(46)30(40-21-44)14-10-11-16-39/h13,15,17-18,21-22,30-31,45H,7-12,14,16,19-20,39H2,1-6H3,(H,40,44)(H,42,46). The molecule has 1 aliphatic heterocycles. The predicted molar refractivity (Wildman–Crippen MR) is 194 cm³/mol. The number of unbranched alkanes of at least 4 members (excludes halogenated alkanes) is 1. The van der Waals surface area contributed by atoms with Gasteiger partial charge < -0.3 is 40.3 Å². The number of ether oxygens (including phenoxy) is 3. The van der Waals surface area contributed by atoms with Gasteiger partial charge >= 0.3 is 12.1 Å². The number of fused-ring (bicyclic) bond motifs is 4. The molecule has 0 fully saturated rings. The van der Waals surface area contributed by atoms with E-state index >= 15 is 0 Å². The van der Waals surface area contributed by atoms with E-state index in [0.717, 1.165) is 16.3 Å². The number of carbonyl (C=O) groups excluding carboxylic acids is 4. The average molecular weight is 722 g/mol. The quantitative estimate of drug-likeness (QED) is 0.0905. The van der Waals surface area contributed by atoms with Gasteiger partial charge in [-0.05, 0) is 88.6 Å². The Labute approximate surface area is 303 Å². The molecule has 0 bridgehead atoms. The summed E-state index contributed by atoms with van der Waals surface area (Å²) in [4.78, 5) is 70.5. The summed E-state index contributed by atoms with van der Waals surface area (Å²) >= 11 is 0. The number of hydrogen-bond donors (Lipinski definition) is 4. The van der Waals surface area contributed by atoms with Crippen LogP contribution in [0.15, 0.2) is 22.7 Å². The molecule has 0 saturated carbocycles. The van der Waals surface area contributed by atoms with Crippen LogP contribution in [0, 0.1) is 12.8 Å². The lowest BCUT2D eigenvalue weighted by Gasteiger charge is -2.32. The number of aromatic nitrogens is 2. The van der Waals surface area contributed by atoms with Crippen molar-refractivity contribution < 1.29 is 38.5 Å². The van der Waals surface area contributed by atoms with Gasteiger partial charge in [-0.3, -0.25) is 14.4 Å². The molecule has 4 rings (SSSR count). The molecular formula is C38H51N5O9. The maximum Gasteiger partial charge on any atom is 0.509 e. The Morgan fingerprint density at radius 1 is 1.15 bits per heavy atom. The first-order valence-corrected chi connectivity index (χ1v) is 18.0. The summed E-state index contributed by atoms with van der Waals surface area (Å²) in [5, 5.41) is 17.2. The predicted octanol–water partition coefficient (Wildman–Crippen LogP) is 2.26. The molecule has 3 atom stereocenters. The molecule has 3 heterocycles. The minimum absolute atomic E-state index is 0.0196. The van der Waals surface area contributed by atoms with E-state index in [2.05, 4.69) is 10.6 Å². The van der Waals surface area contributed by atoms with Crippen LogP contribution in [0.5, 0.6) is 0 Å². The van der Waals surface area contributed by atoms with Gasteiger partial charge in [0.2, 0.25) is 17.9 Å². The topological polar surface area (TPSA) is 201 Å². The van der Waals surface area contributed by atoms with Crippen LogP contribution >= 0.6 is 0 Å². The number of nitrogens with one attached hydrogen (secondary N) is 2. The first-order valence-electron chi connectivity index (χ1n) is 18.0. The number of nitrogens with two attached hydrogens (primary N) is 1. The van der Waals surface area contributed by atoms with E-state index in [4.69, 9.17) is 24.9 Å². The van der Waals surface area contributed by atoms with Gasteiger partial charge in [-0.1, -0.05) is 33.8 Å². The van der Waals surface area contributed by atoms with Crippen LogP contribution in [-0.4, -0.2) is 70.9 Å². The zero-order chi connectivity index (χ0) is 38.2. The fraction of sp³-hybridized carbons (Fsp3) is 0.526. The second kappa shape index (κ2) is 17.5. The number of rotatable bonds is 17. The van der Waals surface area contributed by atoms with Crippen LogP contribution in [0.1, 0.15) is 89.0 Å². The van der Waals surface area contributed by atoms with Crippen molar-refractivity contribution in [2.24, 2.45) is 11.7 Å². The number of allylic oxidation sites excluding steroid dienone is 2. The third-order valence-electron chi connectivity index (χ3n) is 9.71. The second-order valence-corrected chi connectivity index (χ2v) is 13.3. The summed E-state index contributed by atoms with van der Waals surface area (Å²) in [6.07, 6.45) is 7.27. The Morgan fingerprint density at radius 2 is 1.90 bits per heavy atom. The van der Waals surface area contributed by atoms with Crippen molar-refractivity contribution in [2.75, 3.05) is 19.8 Å². The number of nitrogens with zero attached hydrogens (tertiary/aromatic N) is 2. The molecule has 5 N–H and O–H groups in total. The monoisotopic (exact) mass is 721 g/mol. The van der Waals surface area contributed by atoms with E-state index in [1.165, 1.54) is 0 Å². The van der Waals surface area contributed by atoms with Gasteiger partial charge in [0.15, 0.2) is 0 Å². The zero-order valence-corrected chi connectivity index (χ0v) is 30.9. The molecule has 0 saturated heterocycles. The Kier molecular flexibility index (Phi) is 13.4. The molecular weight excluding hydrogens is 670 g/mol. The van der Waals surface area contributed by atoms with Crippen LogP contribution in [0.2, 0.25) is 0 Å². The molecule has 2 aliphatic rings. The Balaban J connectivity index is 1.70. The smallest absolute Gasteiger partial charge is 0.508 e. The molecule has 14 nitrogen and oxygen atoms in total. The molecule has 3 unspecified atom stereocenters. The van der Waals surface area contributed by atoms with Crippen LogP contribution in [0.25, 0.3) is 23.5 Å². The third kappa shape index (κ3) is 8.22. The van der Waals surface area contributed by atoms with Crippen molar-refractivity contribution in [1.29, 1.82) is 0 Å². The summed E-state index contributed by atoms with van der Waals surface area (Å²) in [6, 6.07) is 0.207. The molecule has 0 radical (unpaired) electrons. The van der Waals surface area contributed by atoms with Crippen LogP contribution in [0.3, 0.4) is 0 Å². The zero-order valence-electron chi connectivity index (χ0n) is 30.9. The van der Waals surface area contributed by atoms with Gasteiger partial charge in [0, 0.05) is 21.9 Å². The van der Waals surface area contributed by atoms with E-state index in [1.54, 1.807) is 43.6 Å². The lowest BCUT2D eigenvalue weighted by molar-refractivity contribution is -0.170. The molecule has 52 heavy (non-hydrogen) atoms. The van der Waals surface area contributed by atoms with Gasteiger partial charge in [0.05, 0.1) is 35.9 Å². The van der Waals surface area contributed by atoms with E-state index in [1.807, 2.05) is 26.8 Å². The molecule has 0 spiro atoms. The molecule has 2 aromatic rings. The molecule has 282 valence electrons.